The molecule has 54 heavy (non-hydrogen) atoms. The molecule has 10 rings (SSSR count). The van der Waals surface area contributed by atoms with Crippen molar-refractivity contribution in [3.8, 4) is 67.0 Å². The predicted octanol–water partition coefficient (Wildman–Crippen LogP) is 13.9. The third-order valence-electron chi connectivity index (χ3n) is 10.5. The largest absolute Gasteiger partial charge is 0.263 e. The van der Waals surface area contributed by atoms with E-state index < -0.39 is 0 Å². The molecule has 252 valence electrons. The summed E-state index contributed by atoms with van der Waals surface area (Å²) in [4.78, 5) is 9.93. The van der Waals surface area contributed by atoms with Crippen LogP contribution in [-0.4, -0.2) is 9.97 Å². The van der Waals surface area contributed by atoms with Gasteiger partial charge in [-0.2, -0.15) is 0 Å². The zero-order chi connectivity index (χ0) is 35.8. The maximum Gasteiger partial charge on any atom is 0.0715 e. The van der Waals surface area contributed by atoms with E-state index in [0.29, 0.717) is 0 Å². The molecule has 0 amide bonds. The molecule has 0 atom stereocenters. The average Bonchev–Trinajstić information content (AvgIpc) is 3.26. The summed E-state index contributed by atoms with van der Waals surface area (Å²) >= 11 is 0. The minimum absolute atomic E-state index is 0.933. The van der Waals surface area contributed by atoms with Gasteiger partial charge >= 0.3 is 0 Å². The number of nitrogens with zero attached hydrogens (tertiary/aromatic N) is 2. The first-order valence-electron chi connectivity index (χ1n) is 18.4. The molecule has 0 bridgehead atoms. The Kier molecular flexibility index (Phi) is 7.85. The van der Waals surface area contributed by atoms with Gasteiger partial charge < -0.3 is 0 Å². The summed E-state index contributed by atoms with van der Waals surface area (Å²) in [7, 11) is 0. The third-order valence-corrected chi connectivity index (χ3v) is 10.5. The molecule has 10 aromatic rings. The molecule has 0 N–H and O–H groups in total. The van der Waals surface area contributed by atoms with Crippen LogP contribution in [0.1, 0.15) is 0 Å². The van der Waals surface area contributed by atoms with E-state index in [2.05, 4.69) is 199 Å². The van der Waals surface area contributed by atoms with Crippen LogP contribution in [-0.2, 0) is 0 Å². The van der Waals surface area contributed by atoms with Crippen LogP contribution < -0.4 is 0 Å². The van der Waals surface area contributed by atoms with Gasteiger partial charge in [0.15, 0.2) is 0 Å². The molecule has 0 aliphatic heterocycles. The molecular weight excluding hydrogens is 653 g/mol. The molecule has 0 radical (unpaired) electrons. The van der Waals surface area contributed by atoms with Gasteiger partial charge in [-0.3, -0.25) is 4.98 Å². The summed E-state index contributed by atoms with van der Waals surface area (Å²) in [6.45, 7) is 0. The molecule has 0 fully saturated rings. The minimum atomic E-state index is 0.933. The van der Waals surface area contributed by atoms with Crippen molar-refractivity contribution in [2.75, 3.05) is 0 Å². The van der Waals surface area contributed by atoms with Gasteiger partial charge in [0.2, 0.25) is 0 Å². The Balaban J connectivity index is 1.11. The molecule has 2 heterocycles. The maximum atomic E-state index is 5.38. The lowest BCUT2D eigenvalue weighted by Crippen LogP contribution is -1.93. The predicted molar refractivity (Wildman–Crippen MR) is 227 cm³/mol. The highest BCUT2D eigenvalue weighted by molar-refractivity contribution is 5.99. The Labute approximate surface area is 314 Å². The van der Waals surface area contributed by atoms with Crippen LogP contribution in [0.25, 0.3) is 99.3 Å². The smallest absolute Gasteiger partial charge is 0.0715 e. The van der Waals surface area contributed by atoms with Crippen LogP contribution in [0.3, 0.4) is 0 Å². The van der Waals surface area contributed by atoms with E-state index in [-0.39, 0.29) is 0 Å². The van der Waals surface area contributed by atoms with Gasteiger partial charge in [0.25, 0.3) is 0 Å². The second-order valence-corrected chi connectivity index (χ2v) is 13.8. The zero-order valence-corrected chi connectivity index (χ0v) is 29.5. The normalized spacial score (nSPS) is 11.3. The van der Waals surface area contributed by atoms with Gasteiger partial charge in [0, 0.05) is 34.5 Å². The number of pyridine rings is 2. The Morgan fingerprint density at radius 2 is 0.704 bits per heavy atom. The van der Waals surface area contributed by atoms with E-state index in [0.717, 1.165) is 50.2 Å². The molecule has 2 heteroatoms. The number of fused-ring (bicyclic) bond motifs is 3. The fourth-order valence-corrected chi connectivity index (χ4v) is 7.83. The van der Waals surface area contributed by atoms with E-state index in [1.165, 1.54) is 49.2 Å². The summed E-state index contributed by atoms with van der Waals surface area (Å²) in [5.41, 5.74) is 13.3. The van der Waals surface area contributed by atoms with Gasteiger partial charge in [-0.05, 0) is 90.1 Å². The van der Waals surface area contributed by atoms with Crippen LogP contribution in [0.2, 0.25) is 0 Å². The van der Waals surface area contributed by atoms with Gasteiger partial charge in [-0.25, -0.2) is 4.98 Å². The molecule has 0 aliphatic carbocycles. The van der Waals surface area contributed by atoms with Gasteiger partial charge in [-0.15, -0.1) is 0 Å². The third kappa shape index (κ3) is 5.81. The number of benzene rings is 8. The summed E-state index contributed by atoms with van der Waals surface area (Å²) in [5, 5.41) is 7.29. The molecule has 0 saturated carbocycles. The number of rotatable bonds is 6. The van der Waals surface area contributed by atoms with E-state index in [1.807, 2.05) is 12.4 Å². The second kappa shape index (κ2) is 13.4. The summed E-state index contributed by atoms with van der Waals surface area (Å²) < 4.78 is 0. The van der Waals surface area contributed by atoms with Crippen molar-refractivity contribution >= 4 is 32.3 Å². The topological polar surface area (TPSA) is 25.8 Å². The van der Waals surface area contributed by atoms with Crippen molar-refractivity contribution in [2.45, 2.75) is 0 Å². The molecular formula is C52H34N2. The highest BCUT2D eigenvalue weighted by atomic mass is 14.7. The lowest BCUT2D eigenvalue weighted by atomic mass is 9.93. The first kappa shape index (κ1) is 31.6. The SMILES string of the molecule is c1cc(-c2cc(-c3ccc(-c4cncc5ccccc45)cc3)cc(-c3cccc(-c4cccc5ccccc45)c3)n2)cc(-c2cccc3ccccc23)c1. The molecule has 0 unspecified atom stereocenters. The van der Waals surface area contributed by atoms with Crippen molar-refractivity contribution in [2.24, 2.45) is 0 Å². The van der Waals surface area contributed by atoms with Crippen molar-refractivity contribution in [1.82, 2.24) is 9.97 Å². The molecule has 8 aromatic carbocycles. The van der Waals surface area contributed by atoms with Crippen molar-refractivity contribution in [1.29, 1.82) is 0 Å². The fourth-order valence-electron chi connectivity index (χ4n) is 7.83. The highest BCUT2D eigenvalue weighted by Crippen LogP contribution is 2.37. The fraction of sp³-hybridized carbons (Fsp3) is 0. The first-order valence-corrected chi connectivity index (χ1v) is 18.4. The molecule has 0 aliphatic rings. The first-order chi connectivity index (χ1) is 26.7. The van der Waals surface area contributed by atoms with Crippen LogP contribution in [0, 0.1) is 0 Å². The van der Waals surface area contributed by atoms with E-state index in [9.17, 15) is 0 Å². The van der Waals surface area contributed by atoms with Crippen LogP contribution in [0.15, 0.2) is 207 Å². The van der Waals surface area contributed by atoms with E-state index >= 15 is 0 Å². The van der Waals surface area contributed by atoms with Crippen LogP contribution >= 0.6 is 0 Å². The standard InChI is InChI=1S/C52H34N2/c1-4-20-45-36(11-1)14-9-23-47(45)39-16-7-18-41(29-39)51-31-44(35-25-27-38(28-26-35)50-34-53-33-43-13-3-6-22-49(43)50)32-52(54-51)42-19-8-17-40(30-42)48-24-10-15-37-12-2-5-21-46(37)48/h1-34H. The Morgan fingerprint density at radius 3 is 1.28 bits per heavy atom. The number of aromatic nitrogens is 2. The van der Waals surface area contributed by atoms with Crippen LogP contribution in [0.5, 0.6) is 0 Å². The Bertz CT molecular complexity index is 2840. The van der Waals surface area contributed by atoms with E-state index in [1.54, 1.807) is 0 Å². The van der Waals surface area contributed by atoms with Crippen molar-refractivity contribution in [3.05, 3.63) is 207 Å². The quantitative estimate of drug-likeness (QED) is 0.174. The van der Waals surface area contributed by atoms with Gasteiger partial charge in [0.05, 0.1) is 11.4 Å². The minimum Gasteiger partial charge on any atom is -0.263 e. The van der Waals surface area contributed by atoms with Gasteiger partial charge in [-0.1, -0.05) is 170 Å². The maximum absolute atomic E-state index is 5.38. The average molecular weight is 687 g/mol. The number of hydrogen-bond donors (Lipinski definition) is 0. The summed E-state index contributed by atoms with van der Waals surface area (Å²) in [5.74, 6) is 0. The Hall–Kier alpha value is -7.16. The molecule has 0 spiro atoms. The van der Waals surface area contributed by atoms with Crippen molar-refractivity contribution < 1.29 is 0 Å². The molecule has 2 aromatic heterocycles. The second-order valence-electron chi connectivity index (χ2n) is 13.8. The van der Waals surface area contributed by atoms with Crippen molar-refractivity contribution in [3.63, 3.8) is 0 Å². The number of hydrogen-bond acceptors (Lipinski definition) is 2. The molecule has 2 nitrogen and oxygen atoms in total. The Morgan fingerprint density at radius 1 is 0.259 bits per heavy atom. The molecule has 0 saturated heterocycles. The van der Waals surface area contributed by atoms with E-state index in [4.69, 9.17) is 4.98 Å². The summed E-state index contributed by atoms with van der Waals surface area (Å²) in [6.07, 6.45) is 3.89. The zero-order valence-electron chi connectivity index (χ0n) is 29.5. The van der Waals surface area contributed by atoms with Crippen LogP contribution in [0.4, 0.5) is 0 Å². The highest BCUT2D eigenvalue weighted by Gasteiger charge is 2.13. The lowest BCUT2D eigenvalue weighted by molar-refractivity contribution is 1.32. The summed E-state index contributed by atoms with van der Waals surface area (Å²) in [6, 6.07) is 69.6. The van der Waals surface area contributed by atoms with Gasteiger partial charge in [0.1, 0.15) is 0 Å². The monoisotopic (exact) mass is 686 g/mol. The lowest BCUT2D eigenvalue weighted by Gasteiger charge is -2.14.